The predicted molar refractivity (Wildman–Crippen MR) is 166 cm³/mol. The summed E-state index contributed by atoms with van der Waals surface area (Å²) < 4.78 is 0. The van der Waals surface area contributed by atoms with Gasteiger partial charge in [0.25, 0.3) is 0 Å². The number of carbonyl (C=O) groups excluding carboxylic acids is 1. The van der Waals surface area contributed by atoms with E-state index in [1.165, 1.54) is 100 Å². The van der Waals surface area contributed by atoms with Crippen molar-refractivity contribution in [3.8, 4) is 0 Å². The molecule has 2 nitrogen and oxygen atoms in total. The van der Waals surface area contributed by atoms with Crippen molar-refractivity contribution in [1.29, 1.82) is 0 Å². The molecule has 4 unspecified atom stereocenters. The Balaban J connectivity index is 0.00000481. The second kappa shape index (κ2) is 14.6. The molecule has 0 radical (unpaired) electrons. The molecule has 2 fully saturated rings. The number of Topliss-reactive ketones (excluding diaryl/α,β-unsaturated/α-hetero) is 1. The maximum atomic E-state index is 13.7. The number of allylic oxidation sites excluding steroid dienone is 6. The summed E-state index contributed by atoms with van der Waals surface area (Å²) >= 11 is 0. The van der Waals surface area contributed by atoms with Crippen molar-refractivity contribution in [2.24, 2.45) is 28.6 Å². The Morgan fingerprint density at radius 1 is 0.973 bits per heavy atom. The van der Waals surface area contributed by atoms with Crippen LogP contribution in [0.25, 0.3) is 0 Å². The first-order valence-electron chi connectivity index (χ1n) is 15.4. The molecular weight excluding hydrogens is 518 g/mol. The van der Waals surface area contributed by atoms with Gasteiger partial charge in [-0.25, -0.2) is 0 Å². The van der Waals surface area contributed by atoms with Gasteiger partial charge in [0.1, 0.15) is 0 Å². The molecule has 3 rings (SSSR count). The van der Waals surface area contributed by atoms with E-state index < -0.39 is 0 Å². The lowest BCUT2D eigenvalue weighted by atomic mass is 9.66. The third-order valence-electron chi connectivity index (χ3n) is 10.3. The maximum absolute atomic E-state index is 13.7. The van der Waals surface area contributed by atoms with Crippen molar-refractivity contribution >= 4 is 22.8 Å². The molecule has 0 aromatic carbocycles. The summed E-state index contributed by atoms with van der Waals surface area (Å²) in [6, 6.07) is 0. The summed E-state index contributed by atoms with van der Waals surface area (Å²) in [5, 5.41) is 0. The fourth-order valence-electron chi connectivity index (χ4n) is 7.59. The van der Waals surface area contributed by atoms with Gasteiger partial charge in [-0.3, -0.25) is 4.79 Å². The normalized spacial score (nSPS) is 29.1. The third kappa shape index (κ3) is 7.50. The molecule has 0 amide bonds. The number of hydrogen-bond acceptors (Lipinski definition) is 2. The standard InChI is InChI=1S/C34H57NO.BrH/c1-8-9-10-11-12-13-14-15-19-27(20-17-24-35(6)7)25-28-21-16-18-26(2)30(28)31-32(36)29-22-23-34(31,5)33(29,3)4;/h16,18,21,26-27,29H,8-15,17,19-20,22-25H2,1-7H3;1H. The molecule has 0 spiro atoms. The number of fused-ring (bicyclic) bond motifs is 2. The molecule has 2 bridgehead atoms. The molecule has 0 aromatic rings. The van der Waals surface area contributed by atoms with Crippen molar-refractivity contribution in [1.82, 2.24) is 4.90 Å². The zero-order valence-corrected chi connectivity index (χ0v) is 27.0. The van der Waals surface area contributed by atoms with Gasteiger partial charge in [0.2, 0.25) is 0 Å². The minimum Gasteiger partial charge on any atom is -0.309 e. The van der Waals surface area contributed by atoms with E-state index in [0.717, 1.165) is 18.8 Å². The molecule has 0 saturated heterocycles. The average molecular weight is 577 g/mol. The molecule has 212 valence electrons. The van der Waals surface area contributed by atoms with Crippen LogP contribution in [0.2, 0.25) is 0 Å². The van der Waals surface area contributed by atoms with E-state index in [2.05, 4.69) is 71.8 Å². The van der Waals surface area contributed by atoms with E-state index in [-0.39, 0.29) is 33.7 Å². The monoisotopic (exact) mass is 575 g/mol. The van der Waals surface area contributed by atoms with Gasteiger partial charge in [0.15, 0.2) is 5.78 Å². The first kappa shape index (κ1) is 32.5. The largest absolute Gasteiger partial charge is 0.309 e. The molecule has 0 heterocycles. The van der Waals surface area contributed by atoms with Crippen molar-refractivity contribution in [3.05, 3.63) is 34.9 Å². The lowest BCUT2D eigenvalue weighted by Gasteiger charge is -2.37. The van der Waals surface area contributed by atoms with Crippen LogP contribution in [0.5, 0.6) is 0 Å². The molecule has 4 atom stereocenters. The highest BCUT2D eigenvalue weighted by molar-refractivity contribution is 8.93. The van der Waals surface area contributed by atoms with E-state index in [0.29, 0.717) is 11.7 Å². The maximum Gasteiger partial charge on any atom is 0.163 e. The molecule has 37 heavy (non-hydrogen) atoms. The van der Waals surface area contributed by atoms with Crippen molar-refractivity contribution in [2.45, 2.75) is 125 Å². The zero-order chi connectivity index (χ0) is 26.3. The smallest absolute Gasteiger partial charge is 0.163 e. The molecule has 3 heteroatoms. The summed E-state index contributed by atoms with van der Waals surface area (Å²) in [6.07, 6.45) is 25.3. The number of nitrogens with zero attached hydrogens (tertiary/aromatic N) is 1. The molecule has 0 aromatic heterocycles. The second-order valence-corrected chi connectivity index (χ2v) is 13.4. The van der Waals surface area contributed by atoms with Gasteiger partial charge >= 0.3 is 0 Å². The summed E-state index contributed by atoms with van der Waals surface area (Å²) in [4.78, 5) is 16.1. The van der Waals surface area contributed by atoms with E-state index in [9.17, 15) is 4.79 Å². The Bertz CT molecular complexity index is 835. The fraction of sp³-hybridized carbons (Fsp3) is 0.794. The third-order valence-corrected chi connectivity index (χ3v) is 10.3. The van der Waals surface area contributed by atoms with Gasteiger partial charge < -0.3 is 4.90 Å². The van der Waals surface area contributed by atoms with Crippen LogP contribution in [0.3, 0.4) is 0 Å². The van der Waals surface area contributed by atoms with Crippen LogP contribution < -0.4 is 0 Å². The molecule has 0 N–H and O–H groups in total. The van der Waals surface area contributed by atoms with Gasteiger partial charge in [0.05, 0.1) is 0 Å². The van der Waals surface area contributed by atoms with Crippen LogP contribution in [0.15, 0.2) is 34.9 Å². The second-order valence-electron chi connectivity index (χ2n) is 13.4. The first-order valence-corrected chi connectivity index (χ1v) is 15.4. The SMILES string of the molecule is Br.CCCCCCCCCCC(CCCN(C)C)CC1=CC=CC(C)C1=C1C(=O)C2CCC1(C)C2(C)C. The zero-order valence-electron chi connectivity index (χ0n) is 25.3. The lowest BCUT2D eigenvalue weighted by Crippen LogP contribution is -2.30. The molecule has 2 saturated carbocycles. The highest BCUT2D eigenvalue weighted by Crippen LogP contribution is 2.67. The molecule has 0 aliphatic heterocycles. The fourth-order valence-corrected chi connectivity index (χ4v) is 7.59. The van der Waals surface area contributed by atoms with Crippen molar-refractivity contribution in [3.63, 3.8) is 0 Å². The summed E-state index contributed by atoms with van der Waals surface area (Å²) in [6.45, 7) is 12.9. The minimum absolute atomic E-state index is 0. The highest BCUT2D eigenvalue weighted by atomic mass is 79.9. The van der Waals surface area contributed by atoms with Gasteiger partial charge in [-0.05, 0) is 81.1 Å². The number of rotatable bonds is 15. The summed E-state index contributed by atoms with van der Waals surface area (Å²) in [7, 11) is 4.38. The van der Waals surface area contributed by atoms with Crippen LogP contribution >= 0.6 is 17.0 Å². The number of unbranched alkanes of at least 4 members (excludes halogenated alkanes) is 7. The first-order chi connectivity index (χ1) is 17.1. The summed E-state index contributed by atoms with van der Waals surface area (Å²) in [5.41, 5.74) is 4.22. The molecular formula is C34H58BrNO. The van der Waals surface area contributed by atoms with E-state index in [1.807, 2.05) is 0 Å². The number of carbonyl (C=O) groups is 1. The quantitative estimate of drug-likeness (QED) is 0.143. The topological polar surface area (TPSA) is 20.3 Å². The van der Waals surface area contributed by atoms with Crippen LogP contribution in [0, 0.1) is 28.6 Å². The van der Waals surface area contributed by atoms with Gasteiger partial charge in [-0.15, -0.1) is 17.0 Å². The lowest BCUT2D eigenvalue weighted by molar-refractivity contribution is -0.119. The molecule has 3 aliphatic carbocycles. The Morgan fingerprint density at radius 3 is 2.19 bits per heavy atom. The summed E-state index contributed by atoms with van der Waals surface area (Å²) in [5.74, 6) is 1.77. The highest BCUT2D eigenvalue weighted by Gasteiger charge is 2.64. The van der Waals surface area contributed by atoms with Crippen molar-refractivity contribution < 1.29 is 4.79 Å². The Hall–Kier alpha value is -0.670. The minimum atomic E-state index is 0. The average Bonchev–Trinajstić information content (AvgIpc) is 3.13. The Morgan fingerprint density at radius 2 is 1.59 bits per heavy atom. The Labute approximate surface area is 240 Å². The van der Waals surface area contributed by atoms with E-state index in [1.54, 1.807) is 0 Å². The van der Waals surface area contributed by atoms with Crippen molar-refractivity contribution in [2.75, 3.05) is 20.6 Å². The Kier molecular flexibility index (Phi) is 12.9. The predicted octanol–water partition coefficient (Wildman–Crippen LogP) is 9.90. The van der Waals surface area contributed by atoms with Crippen LogP contribution in [0.4, 0.5) is 0 Å². The number of halogens is 1. The van der Waals surface area contributed by atoms with Gasteiger partial charge in [-0.1, -0.05) is 111 Å². The van der Waals surface area contributed by atoms with Gasteiger partial charge in [0, 0.05) is 16.9 Å². The van der Waals surface area contributed by atoms with Gasteiger partial charge in [-0.2, -0.15) is 0 Å². The van der Waals surface area contributed by atoms with Crippen LogP contribution in [-0.2, 0) is 4.79 Å². The number of hydrogen-bond donors (Lipinski definition) is 0. The van der Waals surface area contributed by atoms with Crippen LogP contribution in [-0.4, -0.2) is 31.3 Å². The molecule has 3 aliphatic rings. The number of ketones is 1. The van der Waals surface area contributed by atoms with Crippen LogP contribution in [0.1, 0.15) is 125 Å². The van der Waals surface area contributed by atoms with E-state index in [4.69, 9.17) is 0 Å². The van der Waals surface area contributed by atoms with E-state index >= 15 is 0 Å².